The summed E-state index contributed by atoms with van der Waals surface area (Å²) in [6, 6.07) is 4.27. The van der Waals surface area contributed by atoms with Gasteiger partial charge in [-0.2, -0.15) is 18.4 Å². The highest BCUT2D eigenvalue weighted by Gasteiger charge is 2.40. The van der Waals surface area contributed by atoms with Crippen LogP contribution in [0, 0.1) is 27.4 Å². The number of hydrogen-bond acceptors (Lipinski definition) is 5. The van der Waals surface area contributed by atoms with Gasteiger partial charge in [-0.05, 0) is 6.07 Å². The van der Waals surface area contributed by atoms with Gasteiger partial charge < -0.3 is 9.47 Å². The Balaban J connectivity index is 2.88. The fourth-order valence-electron chi connectivity index (χ4n) is 1.27. The zero-order valence-electron chi connectivity index (χ0n) is 10.2. The van der Waals surface area contributed by atoms with Gasteiger partial charge in [0.1, 0.15) is 6.61 Å². The van der Waals surface area contributed by atoms with Gasteiger partial charge in [0, 0.05) is 6.07 Å². The first-order valence-electron chi connectivity index (χ1n) is 5.21. The van der Waals surface area contributed by atoms with Gasteiger partial charge in [0.05, 0.1) is 24.2 Å². The Morgan fingerprint density at radius 2 is 2.10 bits per heavy atom. The molecule has 20 heavy (non-hydrogen) atoms. The summed E-state index contributed by atoms with van der Waals surface area (Å²) >= 11 is 0. The monoisotopic (exact) mass is 290 g/mol. The average Bonchev–Trinajstić information content (AvgIpc) is 2.37. The molecule has 0 aliphatic rings. The molecular weight excluding hydrogens is 281 g/mol. The molecule has 1 aromatic carbocycles. The number of benzene rings is 1. The number of non-ortho nitro benzene ring substituents is 1. The SMILES string of the molecule is COc1cc([N+](=O)[O-])ccc1OCC(C#N)C(F)(F)F. The molecule has 0 bridgehead atoms. The van der Waals surface area contributed by atoms with E-state index in [1.807, 2.05) is 0 Å². The lowest BCUT2D eigenvalue weighted by Gasteiger charge is -2.15. The van der Waals surface area contributed by atoms with Gasteiger partial charge in [-0.3, -0.25) is 10.1 Å². The molecule has 0 saturated heterocycles. The Bertz CT molecular complexity index is 539. The van der Waals surface area contributed by atoms with Crippen LogP contribution in [0.15, 0.2) is 18.2 Å². The van der Waals surface area contributed by atoms with Crippen molar-refractivity contribution in [2.45, 2.75) is 6.18 Å². The fourth-order valence-corrected chi connectivity index (χ4v) is 1.27. The zero-order chi connectivity index (χ0) is 15.3. The summed E-state index contributed by atoms with van der Waals surface area (Å²) < 4.78 is 46.7. The number of nitriles is 1. The highest BCUT2D eigenvalue weighted by atomic mass is 19.4. The summed E-state index contributed by atoms with van der Waals surface area (Å²) in [4.78, 5) is 9.86. The van der Waals surface area contributed by atoms with E-state index in [-0.39, 0.29) is 17.2 Å². The number of nitro benzene ring substituents is 1. The van der Waals surface area contributed by atoms with E-state index >= 15 is 0 Å². The maximum absolute atomic E-state index is 12.4. The van der Waals surface area contributed by atoms with Crippen LogP contribution in [-0.2, 0) is 0 Å². The minimum atomic E-state index is -4.71. The fraction of sp³-hybridized carbons (Fsp3) is 0.364. The van der Waals surface area contributed by atoms with Crippen LogP contribution in [0.1, 0.15) is 0 Å². The van der Waals surface area contributed by atoms with Crippen LogP contribution in [0.3, 0.4) is 0 Å². The molecule has 108 valence electrons. The van der Waals surface area contributed by atoms with Crippen LogP contribution in [0.2, 0.25) is 0 Å². The summed E-state index contributed by atoms with van der Waals surface area (Å²) in [5.41, 5.74) is -0.290. The van der Waals surface area contributed by atoms with Crippen molar-refractivity contribution in [3.8, 4) is 17.6 Å². The minimum absolute atomic E-state index is 0.0851. The van der Waals surface area contributed by atoms with Crippen LogP contribution in [-0.4, -0.2) is 24.8 Å². The summed E-state index contributed by atoms with van der Waals surface area (Å²) in [6.45, 7) is -0.922. The average molecular weight is 290 g/mol. The van der Waals surface area contributed by atoms with Crippen LogP contribution in [0.4, 0.5) is 18.9 Å². The molecule has 0 radical (unpaired) electrons. The van der Waals surface area contributed by atoms with Crippen LogP contribution in [0.5, 0.6) is 11.5 Å². The number of rotatable bonds is 5. The number of alkyl halides is 3. The second-order valence-corrected chi connectivity index (χ2v) is 3.63. The highest BCUT2D eigenvalue weighted by Crippen LogP contribution is 2.33. The second kappa shape index (κ2) is 6.10. The third kappa shape index (κ3) is 3.74. The minimum Gasteiger partial charge on any atom is -0.493 e. The van der Waals surface area contributed by atoms with E-state index in [0.717, 1.165) is 24.3 Å². The van der Waals surface area contributed by atoms with Crippen LogP contribution in [0.25, 0.3) is 0 Å². The first kappa shape index (κ1) is 15.6. The number of nitrogens with zero attached hydrogens (tertiary/aromatic N) is 2. The first-order valence-corrected chi connectivity index (χ1v) is 5.21. The van der Waals surface area contributed by atoms with E-state index in [4.69, 9.17) is 14.7 Å². The van der Waals surface area contributed by atoms with Gasteiger partial charge in [0.25, 0.3) is 5.69 Å². The number of nitro groups is 1. The molecule has 0 amide bonds. The lowest BCUT2D eigenvalue weighted by molar-refractivity contribution is -0.385. The van der Waals surface area contributed by atoms with Gasteiger partial charge in [0.2, 0.25) is 0 Å². The Morgan fingerprint density at radius 3 is 2.55 bits per heavy atom. The first-order chi connectivity index (χ1) is 9.29. The quantitative estimate of drug-likeness (QED) is 0.614. The molecular formula is C11H9F3N2O4. The van der Waals surface area contributed by atoms with Gasteiger partial charge in [-0.25, -0.2) is 0 Å². The van der Waals surface area contributed by atoms with Gasteiger partial charge in [0.15, 0.2) is 17.4 Å². The third-order valence-corrected chi connectivity index (χ3v) is 2.31. The summed E-state index contributed by atoms with van der Waals surface area (Å²) in [5.74, 6) is -2.48. The van der Waals surface area contributed by atoms with E-state index in [9.17, 15) is 23.3 Å². The molecule has 1 aromatic rings. The molecule has 0 saturated carbocycles. The highest BCUT2D eigenvalue weighted by molar-refractivity contribution is 5.48. The second-order valence-electron chi connectivity index (χ2n) is 3.63. The van der Waals surface area contributed by atoms with E-state index < -0.39 is 23.6 Å². The molecule has 1 atom stereocenters. The van der Waals surface area contributed by atoms with Crippen molar-refractivity contribution in [2.24, 2.45) is 5.92 Å². The Kier molecular flexibility index (Phi) is 4.74. The molecule has 1 unspecified atom stereocenters. The van der Waals surface area contributed by atoms with Gasteiger partial charge in [-0.1, -0.05) is 0 Å². The molecule has 0 heterocycles. The van der Waals surface area contributed by atoms with Crippen molar-refractivity contribution in [2.75, 3.05) is 13.7 Å². The normalized spacial score (nSPS) is 12.3. The molecule has 0 spiro atoms. The van der Waals surface area contributed by atoms with Crippen molar-refractivity contribution in [1.29, 1.82) is 5.26 Å². The summed E-state index contributed by atoms with van der Waals surface area (Å²) in [6.07, 6.45) is -4.71. The van der Waals surface area contributed by atoms with E-state index in [1.165, 1.54) is 7.11 Å². The van der Waals surface area contributed by atoms with Gasteiger partial charge in [-0.15, -0.1) is 0 Å². The zero-order valence-corrected chi connectivity index (χ0v) is 10.2. The van der Waals surface area contributed by atoms with E-state index in [2.05, 4.69) is 0 Å². The summed E-state index contributed by atoms with van der Waals surface area (Å²) in [5, 5.41) is 19.0. The molecule has 0 aliphatic heterocycles. The van der Waals surface area contributed by atoms with Gasteiger partial charge >= 0.3 is 6.18 Å². The van der Waals surface area contributed by atoms with Crippen molar-refractivity contribution in [3.05, 3.63) is 28.3 Å². The number of methoxy groups -OCH3 is 1. The van der Waals surface area contributed by atoms with Crippen molar-refractivity contribution in [3.63, 3.8) is 0 Å². The van der Waals surface area contributed by atoms with Crippen molar-refractivity contribution < 1.29 is 27.6 Å². The summed E-state index contributed by atoms with van der Waals surface area (Å²) in [7, 11) is 1.19. The number of hydrogen-bond donors (Lipinski definition) is 0. The Hall–Kier alpha value is -2.50. The molecule has 0 N–H and O–H groups in total. The Labute approximate surface area is 111 Å². The molecule has 9 heteroatoms. The molecule has 0 aliphatic carbocycles. The lowest BCUT2D eigenvalue weighted by Crippen LogP contribution is -2.27. The Morgan fingerprint density at radius 1 is 1.45 bits per heavy atom. The largest absolute Gasteiger partial charge is 0.493 e. The number of halogens is 3. The number of ether oxygens (including phenoxy) is 2. The maximum Gasteiger partial charge on any atom is 0.407 e. The van der Waals surface area contributed by atoms with Crippen LogP contribution >= 0.6 is 0 Å². The predicted molar refractivity (Wildman–Crippen MR) is 60.3 cm³/mol. The van der Waals surface area contributed by atoms with E-state index in [1.54, 1.807) is 0 Å². The van der Waals surface area contributed by atoms with Crippen molar-refractivity contribution in [1.82, 2.24) is 0 Å². The molecule has 1 rings (SSSR count). The van der Waals surface area contributed by atoms with Crippen LogP contribution < -0.4 is 9.47 Å². The topological polar surface area (TPSA) is 85.4 Å². The van der Waals surface area contributed by atoms with Crippen molar-refractivity contribution >= 4 is 5.69 Å². The standard InChI is InChI=1S/C11H9F3N2O4/c1-19-10-4-8(16(17)18)2-3-9(10)20-6-7(5-15)11(12,13)14/h2-4,7H,6H2,1H3. The maximum atomic E-state index is 12.4. The third-order valence-electron chi connectivity index (χ3n) is 2.31. The predicted octanol–water partition coefficient (Wildman–Crippen LogP) is 2.68. The lowest BCUT2D eigenvalue weighted by atomic mass is 10.2. The molecule has 0 fully saturated rings. The molecule has 6 nitrogen and oxygen atoms in total. The van der Waals surface area contributed by atoms with E-state index in [0.29, 0.717) is 0 Å². The molecule has 0 aromatic heterocycles. The smallest absolute Gasteiger partial charge is 0.407 e.